The van der Waals surface area contributed by atoms with Gasteiger partial charge in [0.15, 0.2) is 5.65 Å². The standard InChI is InChI=1S/C18H22FN5O2/c1-18(2,3)24-15-14(11-21-24)16(25)23-17(22-15)20-9-4-10-26-13-7-5-12(19)6-8-13/h5-8,11H,4,9-10H2,1-3H3,(H2,20,22,23,25). The fraction of sp³-hybridized carbons (Fsp3) is 0.389. The van der Waals surface area contributed by atoms with Crippen molar-refractivity contribution in [2.45, 2.75) is 32.7 Å². The molecule has 0 aliphatic rings. The van der Waals surface area contributed by atoms with E-state index in [1.165, 1.54) is 18.3 Å². The minimum absolute atomic E-state index is 0.226. The fourth-order valence-electron chi connectivity index (χ4n) is 2.49. The van der Waals surface area contributed by atoms with Gasteiger partial charge in [-0.05, 0) is 51.5 Å². The monoisotopic (exact) mass is 359 g/mol. The third-order valence-electron chi connectivity index (χ3n) is 3.77. The van der Waals surface area contributed by atoms with E-state index in [1.54, 1.807) is 16.8 Å². The fourth-order valence-corrected chi connectivity index (χ4v) is 2.49. The molecule has 1 aromatic carbocycles. The van der Waals surface area contributed by atoms with Gasteiger partial charge in [0.25, 0.3) is 5.56 Å². The molecule has 138 valence electrons. The van der Waals surface area contributed by atoms with Crippen molar-refractivity contribution in [3.05, 3.63) is 46.6 Å². The van der Waals surface area contributed by atoms with Crippen LogP contribution in [0.25, 0.3) is 11.0 Å². The van der Waals surface area contributed by atoms with Crippen molar-refractivity contribution in [1.29, 1.82) is 0 Å². The summed E-state index contributed by atoms with van der Waals surface area (Å²) in [4.78, 5) is 19.4. The van der Waals surface area contributed by atoms with Gasteiger partial charge in [-0.15, -0.1) is 0 Å². The predicted octanol–water partition coefficient (Wildman–Crippen LogP) is 2.89. The second-order valence-corrected chi connectivity index (χ2v) is 6.96. The second kappa shape index (κ2) is 7.15. The average molecular weight is 359 g/mol. The first-order valence-electron chi connectivity index (χ1n) is 8.45. The molecule has 0 saturated heterocycles. The van der Waals surface area contributed by atoms with Gasteiger partial charge in [-0.2, -0.15) is 10.1 Å². The van der Waals surface area contributed by atoms with Gasteiger partial charge in [0.1, 0.15) is 17.0 Å². The number of fused-ring (bicyclic) bond motifs is 1. The maximum Gasteiger partial charge on any atom is 0.263 e. The van der Waals surface area contributed by atoms with Crippen LogP contribution in [0.5, 0.6) is 5.75 Å². The SMILES string of the molecule is CC(C)(C)n1ncc2c(=O)[nH]c(NCCCOc3ccc(F)cc3)nc21. The number of hydrogen-bond acceptors (Lipinski definition) is 5. The molecule has 0 atom stereocenters. The maximum atomic E-state index is 12.8. The Labute approximate surface area is 150 Å². The first-order chi connectivity index (χ1) is 12.3. The summed E-state index contributed by atoms with van der Waals surface area (Å²) in [6.07, 6.45) is 2.23. The van der Waals surface area contributed by atoms with Gasteiger partial charge in [-0.3, -0.25) is 9.78 Å². The van der Waals surface area contributed by atoms with Crippen LogP contribution in [-0.4, -0.2) is 32.9 Å². The number of anilines is 1. The number of nitrogens with zero attached hydrogens (tertiary/aromatic N) is 3. The molecule has 0 bridgehead atoms. The largest absolute Gasteiger partial charge is 0.494 e. The quantitative estimate of drug-likeness (QED) is 0.661. The number of aromatic amines is 1. The molecular formula is C18H22FN5O2. The number of hydrogen-bond donors (Lipinski definition) is 2. The molecule has 0 spiro atoms. The Bertz CT molecular complexity index is 941. The van der Waals surface area contributed by atoms with E-state index < -0.39 is 0 Å². The van der Waals surface area contributed by atoms with Gasteiger partial charge < -0.3 is 10.1 Å². The zero-order valence-electron chi connectivity index (χ0n) is 15.0. The highest BCUT2D eigenvalue weighted by molar-refractivity contribution is 5.74. The van der Waals surface area contributed by atoms with Gasteiger partial charge in [-0.1, -0.05) is 0 Å². The summed E-state index contributed by atoms with van der Waals surface area (Å²) in [6.45, 7) is 7.04. The predicted molar refractivity (Wildman–Crippen MR) is 98.1 cm³/mol. The lowest BCUT2D eigenvalue weighted by molar-refractivity contribution is 0.314. The minimum atomic E-state index is -0.293. The Morgan fingerprint density at radius 2 is 2.00 bits per heavy atom. The number of H-pyrrole nitrogens is 1. The first kappa shape index (κ1) is 17.9. The molecular weight excluding hydrogens is 337 g/mol. The normalized spacial score (nSPS) is 11.7. The van der Waals surface area contributed by atoms with E-state index in [0.717, 1.165) is 0 Å². The zero-order chi connectivity index (χ0) is 18.7. The van der Waals surface area contributed by atoms with Gasteiger partial charge in [0.2, 0.25) is 5.95 Å². The summed E-state index contributed by atoms with van der Waals surface area (Å²) in [5.41, 5.74) is 0.0462. The highest BCUT2D eigenvalue weighted by Crippen LogP contribution is 2.18. The van der Waals surface area contributed by atoms with Gasteiger partial charge >= 0.3 is 0 Å². The molecule has 0 radical (unpaired) electrons. The molecule has 0 aliphatic heterocycles. The van der Waals surface area contributed by atoms with Gasteiger partial charge in [-0.25, -0.2) is 9.07 Å². The number of ether oxygens (including phenoxy) is 1. The molecule has 26 heavy (non-hydrogen) atoms. The summed E-state index contributed by atoms with van der Waals surface area (Å²) >= 11 is 0. The molecule has 0 amide bonds. The smallest absolute Gasteiger partial charge is 0.263 e. The second-order valence-electron chi connectivity index (χ2n) is 6.96. The molecule has 2 aromatic heterocycles. The van der Waals surface area contributed by atoms with Crippen LogP contribution < -0.4 is 15.6 Å². The minimum Gasteiger partial charge on any atom is -0.494 e. The summed E-state index contributed by atoms with van der Waals surface area (Å²) in [5.74, 6) is 0.725. The highest BCUT2D eigenvalue weighted by Gasteiger charge is 2.19. The topological polar surface area (TPSA) is 84.8 Å². The Hall–Kier alpha value is -2.90. The highest BCUT2D eigenvalue weighted by atomic mass is 19.1. The van der Waals surface area contributed by atoms with Crippen molar-refractivity contribution in [3.63, 3.8) is 0 Å². The molecule has 0 aliphatic carbocycles. The van der Waals surface area contributed by atoms with Crippen molar-refractivity contribution >= 4 is 17.0 Å². The van der Waals surface area contributed by atoms with Crippen LogP contribution in [0.2, 0.25) is 0 Å². The van der Waals surface area contributed by atoms with E-state index >= 15 is 0 Å². The molecule has 2 N–H and O–H groups in total. The molecule has 0 saturated carbocycles. The van der Waals surface area contributed by atoms with Crippen LogP contribution in [0.3, 0.4) is 0 Å². The first-order valence-corrected chi connectivity index (χ1v) is 8.45. The summed E-state index contributed by atoms with van der Waals surface area (Å²) in [7, 11) is 0. The van der Waals surface area contributed by atoms with Crippen molar-refractivity contribution in [3.8, 4) is 5.75 Å². The van der Waals surface area contributed by atoms with Crippen LogP contribution in [0, 0.1) is 5.82 Å². The molecule has 3 rings (SSSR count). The average Bonchev–Trinajstić information content (AvgIpc) is 3.01. The molecule has 0 unspecified atom stereocenters. The summed E-state index contributed by atoms with van der Waals surface area (Å²) in [5, 5.41) is 7.83. The molecule has 7 nitrogen and oxygen atoms in total. The number of rotatable bonds is 6. The van der Waals surface area contributed by atoms with Crippen molar-refractivity contribution in [1.82, 2.24) is 19.7 Å². The van der Waals surface area contributed by atoms with Crippen LogP contribution in [0.4, 0.5) is 10.3 Å². The summed E-state index contributed by atoms with van der Waals surface area (Å²) in [6, 6.07) is 5.89. The van der Waals surface area contributed by atoms with Crippen molar-refractivity contribution < 1.29 is 9.13 Å². The van der Waals surface area contributed by atoms with Gasteiger partial charge in [0, 0.05) is 6.54 Å². The van der Waals surface area contributed by atoms with Crippen molar-refractivity contribution in [2.24, 2.45) is 0 Å². The molecule has 3 aromatic rings. The summed E-state index contributed by atoms with van der Waals surface area (Å²) < 4.78 is 20.1. The van der Waals surface area contributed by atoms with Crippen LogP contribution in [0.15, 0.2) is 35.3 Å². The van der Waals surface area contributed by atoms with E-state index in [4.69, 9.17) is 4.74 Å². The lowest BCUT2D eigenvalue weighted by atomic mass is 10.1. The van der Waals surface area contributed by atoms with Crippen LogP contribution in [-0.2, 0) is 5.54 Å². The lowest BCUT2D eigenvalue weighted by Crippen LogP contribution is -2.24. The Morgan fingerprint density at radius 3 is 2.69 bits per heavy atom. The van der Waals surface area contributed by atoms with E-state index in [0.29, 0.717) is 42.3 Å². The number of halogens is 1. The van der Waals surface area contributed by atoms with Crippen LogP contribution >= 0.6 is 0 Å². The van der Waals surface area contributed by atoms with Crippen LogP contribution in [0.1, 0.15) is 27.2 Å². The van der Waals surface area contributed by atoms with E-state index in [-0.39, 0.29) is 16.9 Å². The van der Waals surface area contributed by atoms with E-state index in [2.05, 4.69) is 20.4 Å². The number of benzene rings is 1. The number of aromatic nitrogens is 4. The van der Waals surface area contributed by atoms with Crippen molar-refractivity contribution in [2.75, 3.05) is 18.5 Å². The van der Waals surface area contributed by atoms with Gasteiger partial charge in [0.05, 0.1) is 18.3 Å². The Morgan fingerprint density at radius 1 is 1.27 bits per heavy atom. The lowest BCUT2D eigenvalue weighted by Gasteiger charge is -2.19. The third kappa shape index (κ3) is 4.01. The number of nitrogens with one attached hydrogen (secondary N) is 2. The third-order valence-corrected chi connectivity index (χ3v) is 3.77. The Balaban J connectivity index is 1.60. The maximum absolute atomic E-state index is 12.8. The molecule has 2 heterocycles. The molecule has 8 heteroatoms. The molecule has 0 fully saturated rings. The zero-order valence-corrected chi connectivity index (χ0v) is 15.0. The van der Waals surface area contributed by atoms with E-state index in [1.807, 2.05) is 20.8 Å². The Kier molecular flexibility index (Phi) is 4.92. The van der Waals surface area contributed by atoms with E-state index in [9.17, 15) is 9.18 Å².